The molecular weight excluding hydrogens is 262 g/mol. The molecule has 3 N–H and O–H groups in total. The molecule has 0 aliphatic heterocycles. The van der Waals surface area contributed by atoms with Gasteiger partial charge in [-0.1, -0.05) is 33.6 Å². The molecule has 0 aromatic rings. The second-order valence-corrected chi connectivity index (χ2v) is 6.67. The molecule has 1 atom stereocenters. The van der Waals surface area contributed by atoms with Gasteiger partial charge >= 0.3 is 0 Å². The summed E-state index contributed by atoms with van der Waals surface area (Å²) in [5.41, 5.74) is 4.98. The van der Waals surface area contributed by atoms with Crippen molar-refractivity contribution in [1.29, 1.82) is 0 Å². The van der Waals surface area contributed by atoms with Gasteiger partial charge in [-0.15, -0.1) is 0 Å². The fourth-order valence-electron chi connectivity index (χ4n) is 2.85. The lowest BCUT2D eigenvalue weighted by atomic mass is 9.93. The van der Waals surface area contributed by atoms with Gasteiger partial charge in [0.05, 0.1) is 5.54 Å². The van der Waals surface area contributed by atoms with Gasteiger partial charge in [0.15, 0.2) is 0 Å². The first-order chi connectivity index (χ1) is 9.78. The minimum atomic E-state index is -0.595. The number of carbonyl (C=O) groups excluding carboxylic acids is 1. The molecule has 0 saturated carbocycles. The number of primary amides is 1. The topological polar surface area (TPSA) is 58.4 Å². The molecule has 0 aliphatic rings. The minimum absolute atomic E-state index is 0.251. The van der Waals surface area contributed by atoms with Crippen LogP contribution in [0.2, 0.25) is 0 Å². The number of hydrogen-bond acceptors (Lipinski definition) is 3. The number of hydrogen-bond donors (Lipinski definition) is 2. The van der Waals surface area contributed by atoms with Crippen LogP contribution in [0.4, 0.5) is 0 Å². The summed E-state index contributed by atoms with van der Waals surface area (Å²) >= 11 is 0. The number of nitrogens with zero attached hydrogens (tertiary/aromatic N) is 1. The Bertz CT molecular complexity index is 290. The maximum atomic E-state index is 11.7. The molecule has 0 aliphatic carbocycles. The molecule has 0 radical (unpaired) electrons. The normalized spacial score (nSPS) is 14.9. The summed E-state index contributed by atoms with van der Waals surface area (Å²) in [5.74, 6) is 0.528. The summed E-state index contributed by atoms with van der Waals surface area (Å²) in [4.78, 5) is 14.2. The van der Waals surface area contributed by atoms with Crippen molar-refractivity contribution >= 4 is 5.91 Å². The molecule has 0 aromatic heterocycles. The number of amides is 1. The Kier molecular flexibility index (Phi) is 9.88. The van der Waals surface area contributed by atoms with Crippen molar-refractivity contribution in [2.24, 2.45) is 11.7 Å². The van der Waals surface area contributed by atoms with Gasteiger partial charge in [0, 0.05) is 12.6 Å². The Morgan fingerprint density at radius 2 is 1.81 bits per heavy atom. The van der Waals surface area contributed by atoms with Crippen LogP contribution in [0.3, 0.4) is 0 Å². The van der Waals surface area contributed by atoms with E-state index in [2.05, 4.69) is 31.0 Å². The van der Waals surface area contributed by atoms with Gasteiger partial charge in [-0.3, -0.25) is 4.79 Å². The Morgan fingerprint density at radius 1 is 1.24 bits per heavy atom. The fraction of sp³-hybridized carbons (Fsp3) is 0.941. The van der Waals surface area contributed by atoms with Crippen LogP contribution in [-0.2, 0) is 4.79 Å². The van der Waals surface area contributed by atoms with E-state index >= 15 is 0 Å². The molecule has 0 aromatic carbocycles. The highest BCUT2D eigenvalue weighted by atomic mass is 16.1. The number of nitrogens with one attached hydrogen (secondary N) is 1. The van der Waals surface area contributed by atoms with Gasteiger partial charge in [0.2, 0.25) is 5.91 Å². The van der Waals surface area contributed by atoms with Gasteiger partial charge in [0.1, 0.15) is 0 Å². The monoisotopic (exact) mass is 299 g/mol. The lowest BCUT2D eigenvalue weighted by Crippen LogP contribution is -2.55. The van der Waals surface area contributed by atoms with E-state index in [0.717, 1.165) is 38.4 Å². The molecule has 1 unspecified atom stereocenters. The maximum absolute atomic E-state index is 11.7. The van der Waals surface area contributed by atoms with Crippen LogP contribution in [0, 0.1) is 5.92 Å². The zero-order valence-electron chi connectivity index (χ0n) is 15.0. The van der Waals surface area contributed by atoms with E-state index in [1.165, 1.54) is 12.8 Å². The Balaban J connectivity index is 4.37. The van der Waals surface area contributed by atoms with Crippen LogP contribution in [0.5, 0.6) is 0 Å². The third-order valence-corrected chi connectivity index (χ3v) is 4.42. The molecule has 0 bridgehead atoms. The first kappa shape index (κ1) is 20.4. The number of nitrogens with two attached hydrogens (primary N) is 1. The Hall–Kier alpha value is -0.610. The average molecular weight is 300 g/mol. The SMILES string of the molecule is CCC(CC)CN(CC)CCCC(C)(NC(C)C)C(N)=O. The second kappa shape index (κ2) is 10.2. The summed E-state index contributed by atoms with van der Waals surface area (Å²) in [6, 6.07) is 0.259. The molecule has 0 fully saturated rings. The highest BCUT2D eigenvalue weighted by Crippen LogP contribution is 2.15. The highest BCUT2D eigenvalue weighted by molar-refractivity contribution is 5.84. The molecular formula is C17H37N3O. The highest BCUT2D eigenvalue weighted by Gasteiger charge is 2.30. The van der Waals surface area contributed by atoms with E-state index in [1.54, 1.807) is 0 Å². The molecule has 21 heavy (non-hydrogen) atoms. The first-order valence-electron chi connectivity index (χ1n) is 8.58. The van der Waals surface area contributed by atoms with Crippen LogP contribution in [0.25, 0.3) is 0 Å². The third-order valence-electron chi connectivity index (χ3n) is 4.42. The predicted molar refractivity (Wildman–Crippen MR) is 91.3 cm³/mol. The van der Waals surface area contributed by atoms with E-state index in [1.807, 2.05) is 20.8 Å². The smallest absolute Gasteiger partial charge is 0.237 e. The largest absolute Gasteiger partial charge is 0.368 e. The van der Waals surface area contributed by atoms with Crippen LogP contribution < -0.4 is 11.1 Å². The van der Waals surface area contributed by atoms with Gasteiger partial charge in [0.25, 0.3) is 0 Å². The number of rotatable bonds is 12. The third kappa shape index (κ3) is 7.82. The zero-order chi connectivity index (χ0) is 16.5. The molecule has 1 amide bonds. The minimum Gasteiger partial charge on any atom is -0.368 e. The van der Waals surface area contributed by atoms with Crippen LogP contribution >= 0.6 is 0 Å². The fourth-order valence-corrected chi connectivity index (χ4v) is 2.85. The molecule has 0 spiro atoms. The van der Waals surface area contributed by atoms with E-state index in [9.17, 15) is 4.79 Å². The average Bonchev–Trinajstić information content (AvgIpc) is 2.41. The van der Waals surface area contributed by atoms with Gasteiger partial charge < -0.3 is 16.0 Å². The van der Waals surface area contributed by atoms with E-state index in [0.29, 0.717) is 0 Å². The van der Waals surface area contributed by atoms with Crippen LogP contribution in [0.1, 0.15) is 67.2 Å². The van der Waals surface area contributed by atoms with Crippen LogP contribution in [0.15, 0.2) is 0 Å². The van der Waals surface area contributed by atoms with Gasteiger partial charge in [-0.2, -0.15) is 0 Å². The summed E-state index contributed by atoms with van der Waals surface area (Å²) in [6.45, 7) is 16.0. The van der Waals surface area contributed by atoms with Crippen molar-refractivity contribution in [2.45, 2.75) is 78.8 Å². The summed E-state index contributed by atoms with van der Waals surface area (Å²) in [5, 5.41) is 3.32. The van der Waals surface area contributed by atoms with E-state index in [4.69, 9.17) is 5.73 Å². The second-order valence-electron chi connectivity index (χ2n) is 6.67. The van der Waals surface area contributed by atoms with Crippen molar-refractivity contribution in [2.75, 3.05) is 19.6 Å². The van der Waals surface area contributed by atoms with Crippen molar-refractivity contribution in [3.8, 4) is 0 Å². The quantitative estimate of drug-likeness (QED) is 0.582. The maximum Gasteiger partial charge on any atom is 0.237 e. The molecule has 126 valence electrons. The van der Waals surface area contributed by atoms with E-state index in [-0.39, 0.29) is 11.9 Å². The zero-order valence-corrected chi connectivity index (χ0v) is 15.0. The molecule has 0 saturated heterocycles. The van der Waals surface area contributed by atoms with Crippen molar-refractivity contribution in [3.63, 3.8) is 0 Å². The predicted octanol–water partition coefficient (Wildman–Crippen LogP) is 2.77. The van der Waals surface area contributed by atoms with Gasteiger partial charge in [-0.05, 0) is 52.6 Å². The van der Waals surface area contributed by atoms with Crippen molar-refractivity contribution < 1.29 is 4.79 Å². The molecule has 4 heteroatoms. The van der Waals surface area contributed by atoms with Gasteiger partial charge in [-0.25, -0.2) is 0 Å². The standard InChI is InChI=1S/C17H37N3O/c1-7-15(8-2)13-20(9-3)12-10-11-17(6,16(18)21)19-14(4)5/h14-15,19H,7-13H2,1-6H3,(H2,18,21). The lowest BCUT2D eigenvalue weighted by molar-refractivity contribution is -0.124. The van der Waals surface area contributed by atoms with E-state index < -0.39 is 5.54 Å². The molecule has 0 rings (SSSR count). The van der Waals surface area contributed by atoms with Crippen molar-refractivity contribution in [1.82, 2.24) is 10.2 Å². The molecule has 4 nitrogen and oxygen atoms in total. The summed E-state index contributed by atoms with van der Waals surface area (Å²) in [7, 11) is 0. The summed E-state index contributed by atoms with van der Waals surface area (Å²) < 4.78 is 0. The first-order valence-corrected chi connectivity index (χ1v) is 8.58. The molecule has 0 heterocycles. The Morgan fingerprint density at radius 3 is 2.19 bits per heavy atom. The summed E-state index contributed by atoms with van der Waals surface area (Å²) in [6.07, 6.45) is 4.26. The Labute approximate surface area is 131 Å². The van der Waals surface area contributed by atoms with Crippen LogP contribution in [-0.4, -0.2) is 42.0 Å². The number of carbonyl (C=O) groups is 1. The lowest BCUT2D eigenvalue weighted by Gasteiger charge is -2.31. The van der Waals surface area contributed by atoms with Crippen molar-refractivity contribution in [3.05, 3.63) is 0 Å².